The van der Waals surface area contributed by atoms with E-state index in [1.807, 2.05) is 6.92 Å². The topological polar surface area (TPSA) is 49.4 Å². The zero-order valence-corrected chi connectivity index (χ0v) is 12.2. The van der Waals surface area contributed by atoms with Crippen LogP contribution in [0.1, 0.15) is 6.92 Å². The predicted octanol–water partition coefficient (Wildman–Crippen LogP) is 1.98. The summed E-state index contributed by atoms with van der Waals surface area (Å²) in [6, 6.07) is 4.82. The molecule has 1 saturated heterocycles. The van der Waals surface area contributed by atoms with Gasteiger partial charge >= 0.3 is 0 Å². The number of nitrogens with zero attached hydrogens (tertiary/aromatic N) is 1. The largest absolute Gasteiger partial charge is 0.312 e. The molecule has 1 aromatic carbocycles. The molecule has 1 heterocycles. The van der Waals surface area contributed by atoms with Gasteiger partial charge in [0, 0.05) is 25.7 Å². The first-order chi connectivity index (χ1) is 8.43. The summed E-state index contributed by atoms with van der Waals surface area (Å²) in [6.07, 6.45) is 0. The first kappa shape index (κ1) is 14.1. The number of piperazine rings is 1. The molecule has 0 aliphatic carbocycles. The molecule has 18 heavy (non-hydrogen) atoms. The highest BCUT2D eigenvalue weighted by molar-refractivity contribution is 7.89. The molecule has 1 atom stereocenters. The van der Waals surface area contributed by atoms with Crippen LogP contribution < -0.4 is 5.32 Å². The van der Waals surface area contributed by atoms with Crippen molar-refractivity contribution in [2.75, 3.05) is 19.6 Å². The van der Waals surface area contributed by atoms with Crippen LogP contribution in [0.4, 0.5) is 0 Å². The maximum Gasteiger partial charge on any atom is 0.246 e. The van der Waals surface area contributed by atoms with Gasteiger partial charge in [-0.2, -0.15) is 4.31 Å². The van der Waals surface area contributed by atoms with Crippen molar-refractivity contribution in [2.45, 2.75) is 17.9 Å². The highest BCUT2D eigenvalue weighted by atomic mass is 35.5. The number of benzene rings is 1. The lowest BCUT2D eigenvalue weighted by molar-refractivity contribution is 0.310. The van der Waals surface area contributed by atoms with Crippen molar-refractivity contribution in [3.05, 3.63) is 28.2 Å². The Morgan fingerprint density at radius 3 is 2.50 bits per heavy atom. The van der Waals surface area contributed by atoms with Gasteiger partial charge in [0.25, 0.3) is 0 Å². The minimum atomic E-state index is -3.63. The lowest BCUT2D eigenvalue weighted by Crippen LogP contribution is -2.51. The molecule has 0 unspecified atom stereocenters. The van der Waals surface area contributed by atoms with Gasteiger partial charge in [0.15, 0.2) is 0 Å². The molecule has 1 aromatic rings. The molecule has 4 nitrogen and oxygen atoms in total. The quantitative estimate of drug-likeness (QED) is 0.909. The van der Waals surface area contributed by atoms with Crippen LogP contribution in [0.25, 0.3) is 0 Å². The standard InChI is InChI=1S/C11H14Cl2N2O2S/c1-8-7-15(6-5-14-8)18(16,17)11-9(12)3-2-4-10(11)13/h2-4,8,14H,5-7H2,1H3/t8-/m0/s1. The molecular weight excluding hydrogens is 295 g/mol. The van der Waals surface area contributed by atoms with Gasteiger partial charge in [-0.15, -0.1) is 0 Å². The molecule has 0 aromatic heterocycles. The smallest absolute Gasteiger partial charge is 0.246 e. The van der Waals surface area contributed by atoms with Gasteiger partial charge in [-0.25, -0.2) is 8.42 Å². The van der Waals surface area contributed by atoms with Crippen molar-refractivity contribution in [3.8, 4) is 0 Å². The predicted molar refractivity (Wildman–Crippen MR) is 72.7 cm³/mol. The maximum absolute atomic E-state index is 12.5. The lowest BCUT2D eigenvalue weighted by Gasteiger charge is -2.31. The molecule has 0 radical (unpaired) electrons. The summed E-state index contributed by atoms with van der Waals surface area (Å²) in [5.41, 5.74) is 0. The summed E-state index contributed by atoms with van der Waals surface area (Å²) in [6.45, 7) is 3.41. The minimum Gasteiger partial charge on any atom is -0.312 e. The number of sulfonamides is 1. The molecule has 1 fully saturated rings. The molecule has 1 aliphatic rings. The Morgan fingerprint density at radius 1 is 1.33 bits per heavy atom. The van der Waals surface area contributed by atoms with E-state index in [2.05, 4.69) is 5.32 Å². The summed E-state index contributed by atoms with van der Waals surface area (Å²) < 4.78 is 26.4. The number of hydrogen-bond acceptors (Lipinski definition) is 3. The maximum atomic E-state index is 12.5. The van der Waals surface area contributed by atoms with Crippen molar-refractivity contribution in [2.24, 2.45) is 0 Å². The Balaban J connectivity index is 2.42. The van der Waals surface area contributed by atoms with Crippen molar-refractivity contribution < 1.29 is 8.42 Å². The molecule has 0 bridgehead atoms. The van der Waals surface area contributed by atoms with Crippen molar-refractivity contribution >= 4 is 33.2 Å². The molecule has 0 saturated carbocycles. The van der Waals surface area contributed by atoms with Crippen LogP contribution in [0.15, 0.2) is 23.1 Å². The van der Waals surface area contributed by atoms with Gasteiger partial charge in [0.1, 0.15) is 4.90 Å². The SMILES string of the molecule is C[C@H]1CN(S(=O)(=O)c2c(Cl)cccc2Cl)CCN1. The molecule has 0 amide bonds. The van der Waals surface area contributed by atoms with Crippen molar-refractivity contribution in [1.82, 2.24) is 9.62 Å². The zero-order valence-electron chi connectivity index (χ0n) is 9.86. The average molecular weight is 309 g/mol. The van der Waals surface area contributed by atoms with Gasteiger partial charge in [0.2, 0.25) is 10.0 Å². The highest BCUT2D eigenvalue weighted by Crippen LogP contribution is 2.31. The van der Waals surface area contributed by atoms with Crippen LogP contribution in [0, 0.1) is 0 Å². The van der Waals surface area contributed by atoms with Gasteiger partial charge in [0.05, 0.1) is 10.0 Å². The van der Waals surface area contributed by atoms with E-state index in [0.29, 0.717) is 19.6 Å². The fourth-order valence-electron chi connectivity index (χ4n) is 1.97. The minimum absolute atomic E-state index is 0.00225. The van der Waals surface area contributed by atoms with Gasteiger partial charge in [-0.1, -0.05) is 29.3 Å². The lowest BCUT2D eigenvalue weighted by atomic mass is 10.3. The molecule has 1 aliphatic heterocycles. The van der Waals surface area contributed by atoms with E-state index in [0.717, 1.165) is 0 Å². The van der Waals surface area contributed by atoms with Crippen molar-refractivity contribution in [3.63, 3.8) is 0 Å². The van der Waals surface area contributed by atoms with Crippen LogP contribution in [0.3, 0.4) is 0 Å². The van der Waals surface area contributed by atoms with E-state index in [-0.39, 0.29) is 21.0 Å². The van der Waals surface area contributed by atoms with Crippen molar-refractivity contribution in [1.29, 1.82) is 0 Å². The third kappa shape index (κ3) is 2.65. The zero-order chi connectivity index (χ0) is 13.3. The Hall–Kier alpha value is -0.330. The van der Waals surface area contributed by atoms with Gasteiger partial charge in [-0.05, 0) is 19.1 Å². The number of halogens is 2. The van der Waals surface area contributed by atoms with E-state index < -0.39 is 10.0 Å². The molecular formula is C11H14Cl2N2O2S. The van der Waals surface area contributed by atoms with E-state index in [1.165, 1.54) is 16.4 Å². The second kappa shape index (κ2) is 5.35. The van der Waals surface area contributed by atoms with Crippen LogP contribution >= 0.6 is 23.2 Å². The monoisotopic (exact) mass is 308 g/mol. The van der Waals surface area contributed by atoms with Gasteiger partial charge < -0.3 is 5.32 Å². The number of nitrogens with one attached hydrogen (secondary N) is 1. The van der Waals surface area contributed by atoms with E-state index in [9.17, 15) is 8.42 Å². The molecule has 7 heteroatoms. The summed E-state index contributed by atoms with van der Waals surface area (Å²) in [5, 5.41) is 3.51. The first-order valence-corrected chi connectivity index (χ1v) is 7.80. The fourth-order valence-corrected chi connectivity index (χ4v) is 4.59. The summed E-state index contributed by atoms with van der Waals surface area (Å²) in [5.74, 6) is 0. The highest BCUT2D eigenvalue weighted by Gasteiger charge is 2.31. The molecule has 1 N–H and O–H groups in total. The Morgan fingerprint density at radius 2 is 1.94 bits per heavy atom. The van der Waals surface area contributed by atoms with Crippen LogP contribution in [-0.4, -0.2) is 38.4 Å². The summed E-state index contributed by atoms with van der Waals surface area (Å²) >= 11 is 11.9. The van der Waals surface area contributed by atoms with Crippen LogP contribution in [0.2, 0.25) is 10.0 Å². The van der Waals surface area contributed by atoms with E-state index >= 15 is 0 Å². The van der Waals surface area contributed by atoms with E-state index in [1.54, 1.807) is 6.07 Å². The normalized spacial score (nSPS) is 22.1. The third-order valence-electron chi connectivity index (χ3n) is 2.85. The molecule has 0 spiro atoms. The van der Waals surface area contributed by atoms with Gasteiger partial charge in [-0.3, -0.25) is 0 Å². The first-order valence-electron chi connectivity index (χ1n) is 5.60. The molecule has 2 rings (SSSR count). The molecule has 100 valence electrons. The Kier molecular flexibility index (Phi) is 4.18. The second-order valence-electron chi connectivity index (χ2n) is 4.27. The average Bonchev–Trinajstić information content (AvgIpc) is 2.28. The summed E-state index contributed by atoms with van der Waals surface area (Å²) in [4.78, 5) is 0.00225. The fraction of sp³-hybridized carbons (Fsp3) is 0.455. The second-order valence-corrected chi connectivity index (χ2v) is 6.96. The number of rotatable bonds is 2. The number of hydrogen-bond donors (Lipinski definition) is 1. The summed E-state index contributed by atoms with van der Waals surface area (Å²) in [7, 11) is -3.63. The Labute approximate surface area is 117 Å². The van der Waals surface area contributed by atoms with Crippen LogP contribution in [-0.2, 0) is 10.0 Å². The Bertz CT molecular complexity index is 528. The van der Waals surface area contributed by atoms with Crippen LogP contribution in [0.5, 0.6) is 0 Å². The third-order valence-corrected chi connectivity index (χ3v) is 5.67. The van der Waals surface area contributed by atoms with E-state index in [4.69, 9.17) is 23.2 Å².